The van der Waals surface area contributed by atoms with Crippen LogP contribution in [0.15, 0.2) is 78.0 Å². The predicted molar refractivity (Wildman–Crippen MR) is 208 cm³/mol. The van der Waals surface area contributed by atoms with Crippen LogP contribution in [0.25, 0.3) is 44.4 Å². The Kier molecular flexibility index (Phi) is 9.47. The van der Waals surface area contributed by atoms with Gasteiger partial charge in [0.25, 0.3) is 0 Å². The molecule has 2 aliphatic heterocycles. The van der Waals surface area contributed by atoms with Gasteiger partial charge < -0.3 is 35.8 Å². The van der Waals surface area contributed by atoms with E-state index in [9.17, 15) is 14.7 Å². The molecule has 3 aliphatic rings. The molecule has 2 saturated heterocycles. The van der Waals surface area contributed by atoms with E-state index in [1.807, 2.05) is 26.2 Å². The number of nitrogens with two attached hydrogens (primary N) is 1. The Morgan fingerprint density at radius 2 is 1.57 bits per heavy atom. The number of rotatable bonds is 9. The highest BCUT2D eigenvalue weighted by Crippen LogP contribution is 2.49. The van der Waals surface area contributed by atoms with Gasteiger partial charge in [-0.1, -0.05) is 62.4 Å². The monoisotopic (exact) mass is 729 g/mol. The maximum atomic E-state index is 12.0. The van der Waals surface area contributed by atoms with Gasteiger partial charge in [-0.25, -0.2) is 19.6 Å². The number of hydrogen-bond acceptors (Lipinski definition) is 6. The molecule has 5 aromatic rings. The normalized spacial score (nSPS) is 21.7. The summed E-state index contributed by atoms with van der Waals surface area (Å²) in [5.41, 5.74) is 12.6. The minimum Gasteiger partial charge on any atom is -0.465 e. The van der Waals surface area contributed by atoms with Crippen LogP contribution in [0.5, 0.6) is 0 Å². The summed E-state index contributed by atoms with van der Waals surface area (Å²) in [5.74, 6) is 2.53. The van der Waals surface area contributed by atoms with Gasteiger partial charge in [-0.2, -0.15) is 0 Å². The van der Waals surface area contributed by atoms with E-state index >= 15 is 0 Å². The fraction of sp³-hybridized carbons (Fsp3) is 0.390. The molecule has 4 heterocycles. The van der Waals surface area contributed by atoms with Crippen molar-refractivity contribution in [3.63, 3.8) is 0 Å². The van der Waals surface area contributed by atoms with E-state index in [0.717, 1.165) is 94.7 Å². The zero-order chi connectivity index (χ0) is 37.5. The molecule has 0 radical (unpaired) electrons. The van der Waals surface area contributed by atoms with Gasteiger partial charge in [0, 0.05) is 18.2 Å². The summed E-state index contributed by atoms with van der Waals surface area (Å²) < 4.78 is 4.77. The second-order valence-electron chi connectivity index (χ2n) is 15.1. The number of alkyl carbamates (subject to hydrolysis) is 1. The van der Waals surface area contributed by atoms with E-state index in [1.165, 1.54) is 7.11 Å². The van der Waals surface area contributed by atoms with Gasteiger partial charge in [0.15, 0.2) is 5.96 Å². The number of carbonyl (C=O) groups excluding carboxylic acids is 1. The molecule has 54 heavy (non-hydrogen) atoms. The topological polar surface area (TPSA) is 178 Å². The van der Waals surface area contributed by atoms with E-state index in [2.05, 4.69) is 90.8 Å². The third-order valence-electron chi connectivity index (χ3n) is 11.6. The molecule has 280 valence electrons. The number of carbonyl (C=O) groups is 2. The summed E-state index contributed by atoms with van der Waals surface area (Å²) in [6.45, 7) is 5.20. The molecule has 13 heteroatoms. The summed E-state index contributed by atoms with van der Waals surface area (Å²) in [6, 6.07) is 21.1. The molecular weight excluding hydrogens is 683 g/mol. The number of methoxy groups -OCH3 is 1. The van der Waals surface area contributed by atoms with Crippen molar-refractivity contribution in [2.24, 2.45) is 22.6 Å². The van der Waals surface area contributed by atoms with Gasteiger partial charge in [-0.3, -0.25) is 9.89 Å². The Bertz CT molecular complexity index is 2190. The third-order valence-corrected chi connectivity index (χ3v) is 11.6. The number of H-pyrrole nitrogens is 2. The molecule has 6 N–H and O–H groups in total. The molecule has 1 aliphatic carbocycles. The number of piperidine rings is 1. The highest BCUT2D eigenvalue weighted by molar-refractivity contribution is 5.90. The largest absolute Gasteiger partial charge is 0.465 e. The molecule has 2 amide bonds. The summed E-state index contributed by atoms with van der Waals surface area (Å²) in [5, 5.41) is 15.0. The van der Waals surface area contributed by atoms with Crippen molar-refractivity contribution in [3.05, 3.63) is 84.7 Å². The van der Waals surface area contributed by atoms with Crippen molar-refractivity contribution in [1.29, 1.82) is 0 Å². The van der Waals surface area contributed by atoms with Gasteiger partial charge in [0.2, 0.25) is 0 Å². The number of likely N-dealkylation sites (tertiary alicyclic amines) is 2. The van der Waals surface area contributed by atoms with Crippen molar-refractivity contribution >= 4 is 28.9 Å². The number of guanidine groups is 1. The Labute approximate surface area is 314 Å². The molecule has 2 bridgehead atoms. The average molecular weight is 730 g/mol. The van der Waals surface area contributed by atoms with Crippen LogP contribution in [0.4, 0.5) is 9.59 Å². The molecule has 3 aromatic carbocycles. The Hall–Kier alpha value is -5.85. The number of imidazole rings is 2. The van der Waals surface area contributed by atoms with Crippen molar-refractivity contribution in [2.75, 3.05) is 20.2 Å². The number of benzene rings is 3. The number of fused-ring (bicyclic) bond motifs is 3. The first-order chi connectivity index (χ1) is 26.2. The zero-order valence-corrected chi connectivity index (χ0v) is 30.8. The van der Waals surface area contributed by atoms with Crippen LogP contribution >= 0.6 is 0 Å². The molecule has 5 atom stereocenters. The van der Waals surface area contributed by atoms with Crippen LogP contribution in [0.2, 0.25) is 0 Å². The van der Waals surface area contributed by atoms with E-state index in [1.54, 1.807) is 4.90 Å². The van der Waals surface area contributed by atoms with Crippen LogP contribution in [0.1, 0.15) is 69.7 Å². The van der Waals surface area contributed by atoms with Crippen LogP contribution in [-0.2, 0) is 4.74 Å². The smallest absolute Gasteiger partial charge is 0.408 e. The number of aliphatic imine (C=N–C) groups is 1. The lowest BCUT2D eigenvalue weighted by Gasteiger charge is -2.31. The minimum absolute atomic E-state index is 0.0111. The minimum atomic E-state index is -0.860. The van der Waals surface area contributed by atoms with Crippen molar-refractivity contribution in [2.45, 2.75) is 70.1 Å². The summed E-state index contributed by atoms with van der Waals surface area (Å²) in [7, 11) is 1.35. The maximum absolute atomic E-state index is 12.0. The fourth-order valence-corrected chi connectivity index (χ4v) is 8.58. The van der Waals surface area contributed by atoms with Crippen molar-refractivity contribution in [3.8, 4) is 33.6 Å². The highest BCUT2D eigenvalue weighted by atomic mass is 16.5. The standard InChI is InChI=1S/C41H47N9O4/c1-23(2)32(48-40(51)54-3)20-45-39(42)49-16-4-5-35(49)37-43-22-34(46-37)29-13-12-27-17-26(10-11-28(27)18-29)24-6-8-25(9-7-24)33-21-44-38(47-33)36-30-14-15-31(19-30)50(36)41(52)53/h6-13,17-18,21-23,30-32,35-36H,4-5,14-16,19-20H2,1-3H3,(H2,42,45)(H,43,46)(H,44,47)(H,48,51)(H,52,53). The number of amides is 2. The summed E-state index contributed by atoms with van der Waals surface area (Å²) in [6.07, 6.45) is 7.16. The van der Waals surface area contributed by atoms with Crippen LogP contribution in [-0.4, -0.2) is 85.3 Å². The average Bonchev–Trinajstić information content (AvgIpc) is 4.04. The molecule has 2 aromatic heterocycles. The lowest BCUT2D eigenvalue weighted by Crippen LogP contribution is -2.43. The predicted octanol–water partition coefficient (Wildman–Crippen LogP) is 7.32. The fourth-order valence-electron chi connectivity index (χ4n) is 8.58. The molecule has 5 unspecified atom stereocenters. The molecule has 0 spiro atoms. The highest BCUT2D eigenvalue weighted by Gasteiger charge is 2.50. The third kappa shape index (κ3) is 6.74. The lowest BCUT2D eigenvalue weighted by molar-refractivity contribution is 0.0991. The quantitative estimate of drug-likeness (QED) is 0.0774. The van der Waals surface area contributed by atoms with E-state index in [4.69, 9.17) is 15.5 Å². The molecule has 8 rings (SSSR count). The van der Waals surface area contributed by atoms with Gasteiger partial charge >= 0.3 is 12.2 Å². The summed E-state index contributed by atoms with van der Waals surface area (Å²) in [4.78, 5) is 48.5. The molecular formula is C41H47N9O4. The number of nitrogens with zero attached hydrogens (tertiary/aromatic N) is 5. The van der Waals surface area contributed by atoms with Crippen LogP contribution in [0.3, 0.4) is 0 Å². The van der Waals surface area contributed by atoms with E-state index in [-0.39, 0.29) is 30.1 Å². The lowest BCUT2D eigenvalue weighted by atomic mass is 9.98. The summed E-state index contributed by atoms with van der Waals surface area (Å²) >= 11 is 0. The maximum Gasteiger partial charge on any atom is 0.408 e. The first-order valence-corrected chi connectivity index (χ1v) is 18.8. The zero-order valence-electron chi connectivity index (χ0n) is 30.8. The molecule has 3 fully saturated rings. The van der Waals surface area contributed by atoms with E-state index in [0.29, 0.717) is 18.4 Å². The molecule has 13 nitrogen and oxygen atoms in total. The van der Waals surface area contributed by atoms with Gasteiger partial charge in [0.05, 0.1) is 55.6 Å². The number of aromatic nitrogens is 4. The van der Waals surface area contributed by atoms with Gasteiger partial charge in [0.1, 0.15) is 11.6 Å². The number of hydrogen-bond donors (Lipinski definition) is 5. The number of aromatic amines is 2. The van der Waals surface area contributed by atoms with Crippen molar-refractivity contribution < 1.29 is 19.4 Å². The first kappa shape index (κ1) is 35.2. The Morgan fingerprint density at radius 3 is 2.30 bits per heavy atom. The first-order valence-electron chi connectivity index (χ1n) is 18.8. The second kappa shape index (κ2) is 14.5. The second-order valence-corrected chi connectivity index (χ2v) is 15.1. The SMILES string of the molecule is COC(=O)NC(CN=C(N)N1CCCC1c1ncc(-c2ccc3cc(-c4ccc(-c5cnc(C6C7CCC(C7)N6C(=O)O)[nH]5)cc4)ccc3c2)[nH]1)C(C)C. The number of ether oxygens (including phenoxy) is 1. The van der Waals surface area contributed by atoms with Gasteiger partial charge in [-0.15, -0.1) is 0 Å². The van der Waals surface area contributed by atoms with E-state index < -0.39 is 12.2 Å². The number of nitrogens with one attached hydrogen (secondary N) is 3. The molecule has 1 saturated carbocycles. The van der Waals surface area contributed by atoms with Gasteiger partial charge in [-0.05, 0) is 83.5 Å². The number of carboxylic acid groups (broad SMARTS) is 1. The van der Waals surface area contributed by atoms with Crippen molar-refractivity contribution in [1.82, 2.24) is 35.1 Å². The van der Waals surface area contributed by atoms with Crippen LogP contribution in [0, 0.1) is 11.8 Å². The Morgan fingerprint density at radius 1 is 0.926 bits per heavy atom. The van der Waals surface area contributed by atoms with Crippen LogP contribution < -0.4 is 11.1 Å². The Balaban J connectivity index is 0.941.